The molecule has 0 aromatic heterocycles. The Morgan fingerprint density at radius 3 is 2.79 bits per heavy atom. The van der Waals surface area contributed by atoms with Gasteiger partial charge in [-0.1, -0.05) is 6.07 Å². The summed E-state index contributed by atoms with van der Waals surface area (Å²) in [6.07, 6.45) is 0. The van der Waals surface area contributed by atoms with Crippen LogP contribution in [0.5, 0.6) is 5.75 Å². The van der Waals surface area contributed by atoms with Crippen LogP contribution in [0.15, 0.2) is 18.2 Å². The molecular weight excluding hydrogens is 185 g/mol. The van der Waals surface area contributed by atoms with E-state index in [1.165, 1.54) is 12.1 Å². The lowest BCUT2D eigenvalue weighted by atomic mass is 10.1. The molecular formula is C10H14FNO2. The van der Waals surface area contributed by atoms with Crippen molar-refractivity contribution in [1.29, 1.82) is 0 Å². The Morgan fingerprint density at radius 2 is 2.29 bits per heavy atom. The van der Waals surface area contributed by atoms with E-state index in [0.29, 0.717) is 12.2 Å². The van der Waals surface area contributed by atoms with E-state index in [1.54, 1.807) is 13.0 Å². The molecule has 0 amide bonds. The van der Waals surface area contributed by atoms with Crippen LogP contribution in [0.2, 0.25) is 0 Å². The van der Waals surface area contributed by atoms with Crippen molar-refractivity contribution in [2.24, 2.45) is 5.73 Å². The van der Waals surface area contributed by atoms with Crippen LogP contribution in [0.1, 0.15) is 18.5 Å². The van der Waals surface area contributed by atoms with Crippen molar-refractivity contribution in [1.82, 2.24) is 0 Å². The molecule has 0 radical (unpaired) electrons. The number of nitrogens with two attached hydrogens (primary N) is 1. The van der Waals surface area contributed by atoms with Gasteiger partial charge < -0.3 is 15.6 Å². The summed E-state index contributed by atoms with van der Waals surface area (Å²) in [5.41, 5.74) is 6.09. The first-order valence-electron chi connectivity index (χ1n) is 4.47. The summed E-state index contributed by atoms with van der Waals surface area (Å²) < 4.78 is 18.3. The molecule has 0 aliphatic carbocycles. The van der Waals surface area contributed by atoms with Gasteiger partial charge in [0, 0.05) is 0 Å². The van der Waals surface area contributed by atoms with E-state index in [0.717, 1.165) is 0 Å². The van der Waals surface area contributed by atoms with Crippen molar-refractivity contribution >= 4 is 0 Å². The molecule has 0 spiro atoms. The van der Waals surface area contributed by atoms with Crippen LogP contribution in [0.25, 0.3) is 0 Å². The molecule has 3 nitrogen and oxygen atoms in total. The molecule has 3 N–H and O–H groups in total. The Morgan fingerprint density at radius 1 is 1.57 bits per heavy atom. The first kappa shape index (κ1) is 10.9. The van der Waals surface area contributed by atoms with Crippen LogP contribution in [-0.2, 0) is 0 Å². The standard InChI is InChI=1S/C10H14FNO2/c1-2-14-10-4-3-7(5-8(10)11)9(12)6-13/h3-5,9,13H,2,6,12H2,1H3. The lowest BCUT2D eigenvalue weighted by molar-refractivity contribution is 0.267. The number of ether oxygens (including phenoxy) is 1. The highest BCUT2D eigenvalue weighted by Crippen LogP contribution is 2.20. The summed E-state index contributed by atoms with van der Waals surface area (Å²) in [6, 6.07) is 3.91. The highest BCUT2D eigenvalue weighted by atomic mass is 19.1. The summed E-state index contributed by atoms with van der Waals surface area (Å²) in [4.78, 5) is 0. The Labute approximate surface area is 82.3 Å². The molecule has 0 bridgehead atoms. The zero-order valence-corrected chi connectivity index (χ0v) is 8.03. The normalized spacial score (nSPS) is 12.6. The van der Waals surface area contributed by atoms with Crippen molar-refractivity contribution in [2.75, 3.05) is 13.2 Å². The minimum Gasteiger partial charge on any atom is -0.491 e. The quantitative estimate of drug-likeness (QED) is 0.766. The van der Waals surface area contributed by atoms with Gasteiger partial charge in [0.1, 0.15) is 0 Å². The number of benzene rings is 1. The van der Waals surface area contributed by atoms with E-state index in [9.17, 15) is 4.39 Å². The molecule has 0 saturated carbocycles. The number of hydrogen-bond donors (Lipinski definition) is 2. The average Bonchev–Trinajstić information content (AvgIpc) is 2.20. The number of rotatable bonds is 4. The fraction of sp³-hybridized carbons (Fsp3) is 0.400. The lowest BCUT2D eigenvalue weighted by Gasteiger charge is -2.10. The maximum Gasteiger partial charge on any atom is 0.165 e. The lowest BCUT2D eigenvalue weighted by Crippen LogP contribution is -2.14. The molecule has 1 unspecified atom stereocenters. The smallest absolute Gasteiger partial charge is 0.165 e. The summed E-state index contributed by atoms with van der Waals surface area (Å²) in [5.74, 6) is -0.241. The second-order valence-corrected chi connectivity index (χ2v) is 2.91. The second-order valence-electron chi connectivity index (χ2n) is 2.91. The average molecular weight is 199 g/mol. The largest absolute Gasteiger partial charge is 0.491 e. The summed E-state index contributed by atoms with van der Waals surface area (Å²) in [6.45, 7) is 2.00. The molecule has 4 heteroatoms. The maximum absolute atomic E-state index is 13.3. The highest BCUT2D eigenvalue weighted by molar-refractivity contribution is 5.30. The van der Waals surface area contributed by atoms with Gasteiger partial charge in [0.25, 0.3) is 0 Å². The Hall–Kier alpha value is -1.13. The molecule has 1 rings (SSSR count). The van der Waals surface area contributed by atoms with Crippen molar-refractivity contribution in [3.63, 3.8) is 0 Å². The van der Waals surface area contributed by atoms with E-state index in [2.05, 4.69) is 0 Å². The zero-order chi connectivity index (χ0) is 10.6. The fourth-order valence-electron chi connectivity index (χ4n) is 1.13. The SMILES string of the molecule is CCOc1ccc(C(N)CO)cc1F. The van der Waals surface area contributed by atoms with Gasteiger partial charge in [0.2, 0.25) is 0 Å². The highest BCUT2D eigenvalue weighted by Gasteiger charge is 2.08. The van der Waals surface area contributed by atoms with Gasteiger partial charge in [-0.15, -0.1) is 0 Å². The fourth-order valence-corrected chi connectivity index (χ4v) is 1.13. The number of halogens is 1. The zero-order valence-electron chi connectivity index (χ0n) is 8.03. The third kappa shape index (κ3) is 2.43. The minimum absolute atomic E-state index is 0.201. The van der Waals surface area contributed by atoms with Gasteiger partial charge >= 0.3 is 0 Å². The van der Waals surface area contributed by atoms with Crippen LogP contribution < -0.4 is 10.5 Å². The Bertz CT molecular complexity index is 304. The third-order valence-electron chi connectivity index (χ3n) is 1.88. The maximum atomic E-state index is 13.3. The predicted molar refractivity (Wildman–Crippen MR) is 51.6 cm³/mol. The molecule has 1 aromatic carbocycles. The summed E-state index contributed by atoms with van der Waals surface area (Å²) in [7, 11) is 0. The first-order valence-corrected chi connectivity index (χ1v) is 4.47. The number of hydrogen-bond acceptors (Lipinski definition) is 3. The molecule has 0 saturated heterocycles. The van der Waals surface area contributed by atoms with E-state index >= 15 is 0 Å². The third-order valence-corrected chi connectivity index (χ3v) is 1.88. The van der Waals surface area contributed by atoms with E-state index < -0.39 is 11.9 Å². The van der Waals surface area contributed by atoms with Crippen molar-refractivity contribution in [3.8, 4) is 5.75 Å². The van der Waals surface area contributed by atoms with E-state index in [4.69, 9.17) is 15.6 Å². The molecule has 0 heterocycles. The van der Waals surface area contributed by atoms with Gasteiger partial charge in [-0.25, -0.2) is 4.39 Å². The van der Waals surface area contributed by atoms with Crippen molar-refractivity contribution in [2.45, 2.75) is 13.0 Å². The number of aliphatic hydroxyl groups excluding tert-OH is 1. The molecule has 0 aliphatic heterocycles. The Balaban J connectivity index is 2.88. The van der Waals surface area contributed by atoms with Crippen LogP contribution in [-0.4, -0.2) is 18.3 Å². The van der Waals surface area contributed by atoms with E-state index in [1.807, 2.05) is 0 Å². The van der Waals surface area contributed by atoms with Gasteiger partial charge in [0.15, 0.2) is 11.6 Å². The van der Waals surface area contributed by atoms with Crippen molar-refractivity contribution < 1.29 is 14.2 Å². The van der Waals surface area contributed by atoms with Gasteiger partial charge in [-0.3, -0.25) is 0 Å². The Kier molecular flexibility index (Phi) is 3.85. The van der Waals surface area contributed by atoms with E-state index in [-0.39, 0.29) is 12.4 Å². The molecule has 78 valence electrons. The second kappa shape index (κ2) is 4.93. The predicted octanol–water partition coefficient (Wildman–Crippen LogP) is 1.22. The van der Waals surface area contributed by atoms with Gasteiger partial charge in [0.05, 0.1) is 19.3 Å². The molecule has 1 atom stereocenters. The van der Waals surface area contributed by atoms with Crippen LogP contribution in [0.3, 0.4) is 0 Å². The van der Waals surface area contributed by atoms with Gasteiger partial charge in [-0.2, -0.15) is 0 Å². The van der Waals surface area contributed by atoms with Crippen LogP contribution >= 0.6 is 0 Å². The summed E-state index contributed by atoms with van der Waals surface area (Å²) >= 11 is 0. The molecule has 1 aromatic rings. The molecule has 14 heavy (non-hydrogen) atoms. The molecule has 0 aliphatic rings. The first-order chi connectivity index (χ1) is 6.69. The monoisotopic (exact) mass is 199 g/mol. The van der Waals surface area contributed by atoms with Crippen LogP contribution in [0, 0.1) is 5.82 Å². The summed E-state index contributed by atoms with van der Waals surface area (Å²) in [5, 5.41) is 8.77. The number of aliphatic hydroxyl groups is 1. The van der Waals surface area contributed by atoms with Crippen molar-refractivity contribution in [3.05, 3.63) is 29.6 Å². The molecule has 0 fully saturated rings. The van der Waals surface area contributed by atoms with Gasteiger partial charge in [-0.05, 0) is 24.6 Å². The topological polar surface area (TPSA) is 55.5 Å². The van der Waals surface area contributed by atoms with Crippen LogP contribution in [0.4, 0.5) is 4.39 Å². The minimum atomic E-state index is -0.542.